The van der Waals surface area contributed by atoms with Crippen molar-refractivity contribution in [3.63, 3.8) is 0 Å². The Morgan fingerprint density at radius 3 is 2.50 bits per heavy atom. The minimum atomic E-state index is -1.19. The molecule has 1 aliphatic heterocycles. The first kappa shape index (κ1) is 16.0. The monoisotopic (exact) mass is 305 g/mol. The molecule has 0 bridgehead atoms. The van der Waals surface area contributed by atoms with E-state index in [-0.39, 0.29) is 6.67 Å². The molecule has 1 saturated heterocycles. The van der Waals surface area contributed by atoms with Crippen molar-refractivity contribution in [2.45, 2.75) is 6.42 Å². The second-order valence-corrected chi connectivity index (χ2v) is 5.09. The Balaban J connectivity index is 2.33. The third-order valence-electron chi connectivity index (χ3n) is 3.56. The summed E-state index contributed by atoms with van der Waals surface area (Å²) < 4.78 is 0. The number of rotatable bonds is 5. The molecule has 22 heavy (non-hydrogen) atoms. The lowest BCUT2D eigenvalue weighted by molar-refractivity contribution is -0.147. The molecule has 2 amide bonds. The lowest BCUT2D eigenvalue weighted by Gasteiger charge is -2.22. The molecular weight excluding hydrogens is 286 g/mol. The molecule has 1 heterocycles. The average molecular weight is 305 g/mol. The number of carbonyl (C=O) groups is 3. The van der Waals surface area contributed by atoms with E-state index < -0.39 is 30.1 Å². The fraction of sp³-hybridized carbons (Fsp3) is 0.400. The summed E-state index contributed by atoms with van der Waals surface area (Å²) in [5.41, 5.74) is 0.669. The van der Waals surface area contributed by atoms with Gasteiger partial charge in [-0.05, 0) is 19.2 Å². The van der Waals surface area contributed by atoms with Gasteiger partial charge in [0.05, 0.1) is 13.1 Å². The Kier molecular flexibility index (Phi) is 5.11. The molecule has 0 radical (unpaired) electrons. The summed E-state index contributed by atoms with van der Waals surface area (Å²) >= 11 is 0. The van der Waals surface area contributed by atoms with Crippen LogP contribution in [0.15, 0.2) is 30.3 Å². The molecule has 7 heteroatoms. The van der Waals surface area contributed by atoms with Gasteiger partial charge in [-0.3, -0.25) is 14.4 Å². The summed E-state index contributed by atoms with van der Waals surface area (Å²) in [6.07, 6.45) is -0.499. The van der Waals surface area contributed by atoms with Gasteiger partial charge >= 0.3 is 5.97 Å². The van der Waals surface area contributed by atoms with Crippen molar-refractivity contribution in [2.75, 3.05) is 31.7 Å². The fourth-order valence-corrected chi connectivity index (χ4v) is 2.52. The third-order valence-corrected chi connectivity index (χ3v) is 3.56. The normalized spacial score (nSPS) is 19.2. The first-order valence-corrected chi connectivity index (χ1v) is 7.06. The number of hydrogen-bond donors (Lipinski definition) is 2. The standard InChI is InChI=1S/C15H19N3O4/c1-16-10-17-7-8-18(11-5-3-2-4-6-11)15(22)12(14(17)21)9-13(19)20/h2-6,12,16H,7-10H2,1H3,(H,19,20). The van der Waals surface area contributed by atoms with Gasteiger partial charge in [0.2, 0.25) is 11.8 Å². The van der Waals surface area contributed by atoms with E-state index in [1.807, 2.05) is 6.07 Å². The number of carboxylic acids is 1. The molecule has 0 spiro atoms. The smallest absolute Gasteiger partial charge is 0.304 e. The largest absolute Gasteiger partial charge is 0.481 e. The Hall–Kier alpha value is -2.41. The summed E-state index contributed by atoms with van der Waals surface area (Å²) in [6, 6.07) is 8.97. The molecule has 2 rings (SSSR count). The zero-order chi connectivity index (χ0) is 16.1. The van der Waals surface area contributed by atoms with Gasteiger partial charge in [-0.2, -0.15) is 0 Å². The molecule has 0 aliphatic carbocycles. The number of aliphatic carboxylic acids is 1. The molecule has 1 atom stereocenters. The summed E-state index contributed by atoms with van der Waals surface area (Å²) in [5, 5.41) is 11.9. The second-order valence-electron chi connectivity index (χ2n) is 5.09. The van der Waals surface area contributed by atoms with Crippen LogP contribution in [0.5, 0.6) is 0 Å². The van der Waals surface area contributed by atoms with Crippen LogP contribution in [0.1, 0.15) is 6.42 Å². The van der Waals surface area contributed by atoms with E-state index in [2.05, 4.69) is 5.32 Å². The summed E-state index contributed by atoms with van der Waals surface area (Å²) in [4.78, 5) is 39.1. The highest BCUT2D eigenvalue weighted by molar-refractivity contribution is 6.10. The third kappa shape index (κ3) is 3.43. The van der Waals surface area contributed by atoms with Crippen molar-refractivity contribution in [3.05, 3.63) is 30.3 Å². The Labute approximate surface area is 128 Å². The van der Waals surface area contributed by atoms with Crippen LogP contribution in [-0.4, -0.2) is 54.6 Å². The lowest BCUT2D eigenvalue weighted by atomic mass is 10.0. The van der Waals surface area contributed by atoms with E-state index in [1.54, 1.807) is 31.3 Å². The van der Waals surface area contributed by atoms with Gasteiger partial charge in [0.1, 0.15) is 5.92 Å². The Morgan fingerprint density at radius 1 is 1.23 bits per heavy atom. The van der Waals surface area contributed by atoms with Crippen LogP contribution in [-0.2, 0) is 14.4 Å². The number of hydrogen-bond acceptors (Lipinski definition) is 4. The van der Waals surface area contributed by atoms with Crippen LogP contribution in [0.3, 0.4) is 0 Å². The maximum absolute atomic E-state index is 12.6. The molecule has 1 aromatic rings. The highest BCUT2D eigenvalue weighted by atomic mass is 16.4. The predicted octanol–water partition coefficient (Wildman–Crippen LogP) is 0.130. The molecule has 7 nitrogen and oxygen atoms in total. The maximum Gasteiger partial charge on any atom is 0.304 e. The van der Waals surface area contributed by atoms with E-state index in [9.17, 15) is 14.4 Å². The van der Waals surface area contributed by atoms with Crippen LogP contribution >= 0.6 is 0 Å². The summed E-state index contributed by atoms with van der Waals surface area (Å²) in [6.45, 7) is 0.980. The van der Waals surface area contributed by atoms with Gasteiger partial charge in [-0.25, -0.2) is 0 Å². The Morgan fingerprint density at radius 2 is 1.91 bits per heavy atom. The number of nitrogens with one attached hydrogen (secondary N) is 1. The first-order valence-electron chi connectivity index (χ1n) is 7.06. The number of benzene rings is 1. The van der Waals surface area contributed by atoms with Crippen LogP contribution in [0.4, 0.5) is 5.69 Å². The molecule has 1 aromatic carbocycles. The number of para-hydroxylation sites is 1. The SMILES string of the molecule is CNCN1CCN(c2ccccc2)C(=O)C(CC(=O)O)C1=O. The van der Waals surface area contributed by atoms with Gasteiger partial charge in [-0.15, -0.1) is 0 Å². The van der Waals surface area contributed by atoms with E-state index in [1.165, 1.54) is 9.80 Å². The molecule has 1 fully saturated rings. The van der Waals surface area contributed by atoms with Crippen LogP contribution in [0, 0.1) is 5.92 Å². The number of anilines is 1. The lowest BCUT2D eigenvalue weighted by Crippen LogP contribution is -2.43. The minimum Gasteiger partial charge on any atom is -0.481 e. The fourth-order valence-electron chi connectivity index (χ4n) is 2.52. The summed E-state index contributed by atoms with van der Waals surface area (Å²) in [7, 11) is 1.70. The van der Waals surface area contributed by atoms with E-state index in [4.69, 9.17) is 5.11 Å². The van der Waals surface area contributed by atoms with Crippen molar-refractivity contribution in [1.29, 1.82) is 0 Å². The minimum absolute atomic E-state index is 0.283. The van der Waals surface area contributed by atoms with Gasteiger partial charge in [0.15, 0.2) is 0 Å². The molecule has 1 unspecified atom stereocenters. The van der Waals surface area contributed by atoms with Crippen LogP contribution in [0.25, 0.3) is 0 Å². The summed E-state index contributed by atoms with van der Waals surface area (Å²) in [5.74, 6) is -3.25. The van der Waals surface area contributed by atoms with Crippen molar-refractivity contribution in [1.82, 2.24) is 10.2 Å². The van der Waals surface area contributed by atoms with Crippen molar-refractivity contribution >= 4 is 23.5 Å². The van der Waals surface area contributed by atoms with Gasteiger partial charge < -0.3 is 20.2 Å². The van der Waals surface area contributed by atoms with Crippen LogP contribution < -0.4 is 10.2 Å². The number of carbonyl (C=O) groups excluding carboxylic acids is 2. The molecular formula is C15H19N3O4. The van der Waals surface area contributed by atoms with Crippen molar-refractivity contribution in [2.24, 2.45) is 5.92 Å². The van der Waals surface area contributed by atoms with Gasteiger partial charge in [0, 0.05) is 18.8 Å². The number of carboxylic acid groups (broad SMARTS) is 1. The molecule has 1 aliphatic rings. The molecule has 2 N–H and O–H groups in total. The van der Waals surface area contributed by atoms with E-state index >= 15 is 0 Å². The number of amides is 2. The van der Waals surface area contributed by atoms with Gasteiger partial charge in [0.25, 0.3) is 0 Å². The highest BCUT2D eigenvalue weighted by Gasteiger charge is 2.38. The average Bonchev–Trinajstić information content (AvgIpc) is 2.61. The zero-order valence-corrected chi connectivity index (χ0v) is 12.4. The predicted molar refractivity (Wildman–Crippen MR) is 80.2 cm³/mol. The van der Waals surface area contributed by atoms with E-state index in [0.29, 0.717) is 18.8 Å². The quantitative estimate of drug-likeness (QED) is 0.755. The van der Waals surface area contributed by atoms with E-state index in [0.717, 1.165) is 0 Å². The highest BCUT2D eigenvalue weighted by Crippen LogP contribution is 2.22. The zero-order valence-electron chi connectivity index (χ0n) is 12.4. The topological polar surface area (TPSA) is 89.9 Å². The molecule has 118 valence electrons. The van der Waals surface area contributed by atoms with Gasteiger partial charge in [-0.1, -0.05) is 18.2 Å². The molecule has 0 aromatic heterocycles. The Bertz CT molecular complexity index is 561. The first-order chi connectivity index (χ1) is 10.5. The molecule has 0 saturated carbocycles. The van der Waals surface area contributed by atoms with Crippen molar-refractivity contribution < 1.29 is 19.5 Å². The maximum atomic E-state index is 12.6. The van der Waals surface area contributed by atoms with Crippen LogP contribution in [0.2, 0.25) is 0 Å². The second kappa shape index (κ2) is 7.04. The number of nitrogens with zero attached hydrogens (tertiary/aromatic N) is 2. The van der Waals surface area contributed by atoms with Crippen molar-refractivity contribution in [3.8, 4) is 0 Å².